The third-order valence-electron chi connectivity index (χ3n) is 4.22. The van der Waals surface area contributed by atoms with E-state index in [0.29, 0.717) is 5.75 Å². The summed E-state index contributed by atoms with van der Waals surface area (Å²) in [5.74, 6) is -0.783. The number of fused-ring (bicyclic) bond motifs is 1. The lowest BCUT2D eigenvalue weighted by Crippen LogP contribution is -2.14. The Kier molecular flexibility index (Phi) is 8.53. The number of hydrogen-bond acceptors (Lipinski definition) is 7. The van der Waals surface area contributed by atoms with Gasteiger partial charge in [-0.2, -0.15) is 0 Å². The van der Waals surface area contributed by atoms with Gasteiger partial charge in [-0.1, -0.05) is 17.2 Å². The zero-order valence-corrected chi connectivity index (χ0v) is 17.8. The highest BCUT2D eigenvalue weighted by atomic mass is 16.6. The predicted octanol–water partition coefficient (Wildman–Crippen LogP) is 4.51. The summed E-state index contributed by atoms with van der Waals surface area (Å²) in [6.45, 7) is 7.91. The van der Waals surface area contributed by atoms with E-state index >= 15 is 0 Å². The summed E-state index contributed by atoms with van der Waals surface area (Å²) in [4.78, 5) is 23.6. The topological polar surface area (TPSA) is 95.2 Å². The van der Waals surface area contributed by atoms with Crippen molar-refractivity contribution in [3.8, 4) is 17.2 Å². The molecule has 0 aliphatic rings. The van der Waals surface area contributed by atoms with E-state index in [9.17, 15) is 14.7 Å². The minimum absolute atomic E-state index is 0.129. The SMILES string of the molecule is CCOC(=O)COc1ccc2oc(=O)c(OC/C=C(\C)CCC=C(C)C)c(O)c2c1. The van der Waals surface area contributed by atoms with Gasteiger partial charge in [0.05, 0.1) is 12.0 Å². The fourth-order valence-corrected chi connectivity index (χ4v) is 2.67. The number of aromatic hydroxyl groups is 1. The Labute approximate surface area is 175 Å². The fraction of sp³-hybridized carbons (Fsp3) is 0.391. The van der Waals surface area contributed by atoms with Crippen molar-refractivity contribution in [3.63, 3.8) is 0 Å². The van der Waals surface area contributed by atoms with Gasteiger partial charge in [-0.3, -0.25) is 0 Å². The molecule has 1 aromatic carbocycles. The molecule has 0 saturated heterocycles. The largest absolute Gasteiger partial charge is 0.504 e. The zero-order valence-electron chi connectivity index (χ0n) is 17.8. The van der Waals surface area contributed by atoms with Gasteiger partial charge in [0.1, 0.15) is 17.9 Å². The van der Waals surface area contributed by atoms with Gasteiger partial charge in [0, 0.05) is 0 Å². The molecule has 0 amide bonds. The molecule has 2 rings (SSSR count). The van der Waals surface area contributed by atoms with E-state index in [0.717, 1.165) is 18.4 Å². The zero-order chi connectivity index (χ0) is 22.1. The molecule has 7 heteroatoms. The van der Waals surface area contributed by atoms with Crippen molar-refractivity contribution in [2.24, 2.45) is 0 Å². The number of carbonyl (C=O) groups excluding carboxylic acids is 1. The Hall–Kier alpha value is -3.22. The van der Waals surface area contributed by atoms with Crippen LogP contribution in [0.2, 0.25) is 0 Å². The van der Waals surface area contributed by atoms with Crippen LogP contribution in [0.4, 0.5) is 0 Å². The monoisotopic (exact) mass is 416 g/mol. The van der Waals surface area contributed by atoms with Gasteiger partial charge in [-0.25, -0.2) is 9.59 Å². The second-order valence-electron chi connectivity index (χ2n) is 7.00. The molecule has 1 heterocycles. The van der Waals surface area contributed by atoms with E-state index in [2.05, 4.69) is 19.9 Å². The second kappa shape index (κ2) is 11.1. The Bertz CT molecular complexity index is 995. The van der Waals surface area contributed by atoms with Gasteiger partial charge < -0.3 is 23.7 Å². The molecule has 0 fully saturated rings. The highest BCUT2D eigenvalue weighted by Gasteiger charge is 2.16. The smallest absolute Gasteiger partial charge is 0.383 e. The van der Waals surface area contributed by atoms with Crippen molar-refractivity contribution in [1.29, 1.82) is 0 Å². The molecular formula is C23H28O7. The average Bonchev–Trinajstić information content (AvgIpc) is 2.69. The molecule has 2 aromatic rings. The number of ether oxygens (including phenoxy) is 3. The maximum atomic E-state index is 12.2. The van der Waals surface area contributed by atoms with Crippen LogP contribution in [0.1, 0.15) is 40.5 Å². The lowest BCUT2D eigenvalue weighted by Gasteiger charge is -2.10. The highest BCUT2D eigenvalue weighted by molar-refractivity contribution is 5.86. The number of benzene rings is 1. The summed E-state index contributed by atoms with van der Waals surface area (Å²) in [5.41, 5.74) is 1.80. The quantitative estimate of drug-likeness (QED) is 0.346. The Morgan fingerprint density at radius 3 is 2.63 bits per heavy atom. The molecule has 0 aliphatic carbocycles. The van der Waals surface area contributed by atoms with Crippen molar-refractivity contribution in [3.05, 3.63) is 51.9 Å². The summed E-state index contributed by atoms with van der Waals surface area (Å²) >= 11 is 0. The van der Waals surface area contributed by atoms with Crippen LogP contribution in [0.15, 0.2) is 50.7 Å². The van der Waals surface area contributed by atoms with Crippen LogP contribution in [-0.4, -0.2) is 30.9 Å². The average molecular weight is 416 g/mol. The standard InChI is InChI=1S/C23H28O7/c1-5-27-20(24)14-29-17-9-10-19-18(13-17)21(25)22(23(26)30-19)28-12-11-16(4)8-6-7-15(2)3/h7,9-11,13,25H,5-6,8,12,14H2,1-4H3/b16-11+. The number of allylic oxidation sites excluding steroid dienone is 3. The lowest BCUT2D eigenvalue weighted by molar-refractivity contribution is -0.145. The normalized spacial score (nSPS) is 11.3. The minimum atomic E-state index is -0.768. The van der Waals surface area contributed by atoms with Crippen LogP contribution in [0.3, 0.4) is 0 Å². The van der Waals surface area contributed by atoms with E-state index in [-0.39, 0.29) is 42.3 Å². The van der Waals surface area contributed by atoms with E-state index in [4.69, 9.17) is 18.6 Å². The van der Waals surface area contributed by atoms with Gasteiger partial charge in [0.2, 0.25) is 5.75 Å². The summed E-state index contributed by atoms with van der Waals surface area (Å²) in [6, 6.07) is 4.48. The van der Waals surface area contributed by atoms with E-state index in [1.807, 2.05) is 13.0 Å². The van der Waals surface area contributed by atoms with E-state index < -0.39 is 11.6 Å². The molecule has 0 unspecified atom stereocenters. The molecule has 1 aromatic heterocycles. The molecule has 1 N–H and O–H groups in total. The Morgan fingerprint density at radius 2 is 1.93 bits per heavy atom. The first-order chi connectivity index (χ1) is 14.3. The van der Waals surface area contributed by atoms with Crippen molar-refractivity contribution >= 4 is 16.9 Å². The van der Waals surface area contributed by atoms with Crippen LogP contribution >= 0.6 is 0 Å². The van der Waals surface area contributed by atoms with Crippen LogP contribution in [0.25, 0.3) is 11.0 Å². The molecule has 162 valence electrons. The van der Waals surface area contributed by atoms with Gasteiger partial charge >= 0.3 is 11.6 Å². The Balaban J connectivity index is 2.13. The molecule has 7 nitrogen and oxygen atoms in total. The number of hydrogen-bond donors (Lipinski definition) is 1. The second-order valence-corrected chi connectivity index (χ2v) is 7.00. The molecule has 0 spiro atoms. The third-order valence-corrected chi connectivity index (χ3v) is 4.22. The minimum Gasteiger partial charge on any atom is -0.504 e. The first kappa shape index (κ1) is 23.1. The van der Waals surface area contributed by atoms with Gasteiger partial charge in [-0.05, 0) is 64.8 Å². The number of esters is 1. The van der Waals surface area contributed by atoms with Crippen LogP contribution < -0.4 is 15.1 Å². The maximum Gasteiger partial charge on any atom is 0.383 e. The molecular weight excluding hydrogens is 388 g/mol. The molecule has 0 bridgehead atoms. The summed E-state index contributed by atoms with van der Waals surface area (Å²) in [6.07, 6.45) is 5.83. The summed E-state index contributed by atoms with van der Waals surface area (Å²) in [5, 5.41) is 10.8. The van der Waals surface area contributed by atoms with Crippen LogP contribution in [-0.2, 0) is 9.53 Å². The molecule has 30 heavy (non-hydrogen) atoms. The fourth-order valence-electron chi connectivity index (χ4n) is 2.67. The predicted molar refractivity (Wildman–Crippen MR) is 114 cm³/mol. The first-order valence-electron chi connectivity index (χ1n) is 9.81. The van der Waals surface area contributed by atoms with Crippen LogP contribution in [0.5, 0.6) is 17.2 Å². The van der Waals surface area contributed by atoms with E-state index in [1.54, 1.807) is 6.92 Å². The van der Waals surface area contributed by atoms with E-state index in [1.165, 1.54) is 23.8 Å². The van der Waals surface area contributed by atoms with Gasteiger partial charge in [0.25, 0.3) is 0 Å². The van der Waals surface area contributed by atoms with Crippen molar-refractivity contribution < 1.29 is 28.5 Å². The lowest BCUT2D eigenvalue weighted by atomic mass is 10.1. The first-order valence-corrected chi connectivity index (χ1v) is 9.81. The number of carbonyl (C=O) groups is 1. The third kappa shape index (κ3) is 6.69. The molecule has 0 radical (unpaired) electrons. The summed E-state index contributed by atoms with van der Waals surface area (Å²) < 4.78 is 20.9. The molecule has 0 aliphatic heterocycles. The van der Waals surface area contributed by atoms with Gasteiger partial charge in [0.15, 0.2) is 12.4 Å². The van der Waals surface area contributed by atoms with Crippen LogP contribution in [0, 0.1) is 0 Å². The van der Waals surface area contributed by atoms with Crippen molar-refractivity contribution in [2.75, 3.05) is 19.8 Å². The molecule has 0 atom stereocenters. The van der Waals surface area contributed by atoms with Gasteiger partial charge in [-0.15, -0.1) is 0 Å². The highest BCUT2D eigenvalue weighted by Crippen LogP contribution is 2.33. The van der Waals surface area contributed by atoms with Crippen molar-refractivity contribution in [2.45, 2.75) is 40.5 Å². The summed E-state index contributed by atoms with van der Waals surface area (Å²) in [7, 11) is 0. The Morgan fingerprint density at radius 1 is 1.17 bits per heavy atom. The maximum absolute atomic E-state index is 12.2. The van der Waals surface area contributed by atoms with Crippen molar-refractivity contribution in [1.82, 2.24) is 0 Å². The number of rotatable bonds is 10. The molecule has 0 saturated carbocycles.